The van der Waals surface area contributed by atoms with Gasteiger partial charge in [0.1, 0.15) is 0 Å². The van der Waals surface area contributed by atoms with Gasteiger partial charge in [0.05, 0.1) is 0 Å². The summed E-state index contributed by atoms with van der Waals surface area (Å²) in [5.74, 6) is 0. The van der Waals surface area contributed by atoms with Crippen LogP contribution in [0.2, 0.25) is 0 Å². The van der Waals surface area contributed by atoms with Gasteiger partial charge in [-0.1, -0.05) is 43.8 Å². The zero-order valence-corrected chi connectivity index (χ0v) is 9.42. The lowest BCUT2D eigenvalue weighted by Gasteiger charge is -2.02. The molecule has 1 aromatic carbocycles. The highest BCUT2D eigenvalue weighted by molar-refractivity contribution is 5.80. The molecule has 0 unspecified atom stereocenters. The maximum Gasteiger partial charge on any atom is 0.00865 e. The van der Waals surface area contributed by atoms with Gasteiger partial charge in [0.25, 0.3) is 0 Å². The molecule has 0 atom stereocenters. The number of hydrogen-bond acceptors (Lipinski definition) is 1. The maximum atomic E-state index is 7.55. The number of hydrogen-bond donors (Lipinski definition) is 1. The third-order valence-electron chi connectivity index (χ3n) is 2.59. The van der Waals surface area contributed by atoms with Crippen LogP contribution in [0.4, 0.5) is 0 Å². The molecule has 0 spiro atoms. The average molecular weight is 201 g/mol. The van der Waals surface area contributed by atoms with Crippen molar-refractivity contribution in [1.29, 1.82) is 5.41 Å². The van der Waals surface area contributed by atoms with Crippen LogP contribution in [0.15, 0.2) is 30.8 Å². The van der Waals surface area contributed by atoms with E-state index in [1.807, 2.05) is 13.0 Å². The topological polar surface area (TPSA) is 23.9 Å². The number of aryl methyl sites for hydroxylation is 1. The Morgan fingerprint density at radius 2 is 2.00 bits per heavy atom. The van der Waals surface area contributed by atoms with Crippen molar-refractivity contribution in [3.8, 4) is 0 Å². The lowest BCUT2D eigenvalue weighted by molar-refractivity contribution is 0.850. The molecule has 0 saturated heterocycles. The number of benzene rings is 1. The number of nitrogens with one attached hydrogen (secondary N) is 1. The standard InChI is InChI=1S/C14H19N/c1-3-12-8-10-13(11-9-12)6-5-7-14(15)4-2/h3,8-11,15H,1,4-7H2,2H3. The van der Waals surface area contributed by atoms with Crippen LogP contribution >= 0.6 is 0 Å². The first kappa shape index (κ1) is 11.7. The summed E-state index contributed by atoms with van der Waals surface area (Å²) in [4.78, 5) is 0. The van der Waals surface area contributed by atoms with Gasteiger partial charge in [-0.25, -0.2) is 0 Å². The van der Waals surface area contributed by atoms with E-state index in [2.05, 4.69) is 30.8 Å². The Bertz CT molecular complexity index is 322. The van der Waals surface area contributed by atoms with Crippen LogP contribution in [-0.4, -0.2) is 5.71 Å². The molecule has 0 fully saturated rings. The van der Waals surface area contributed by atoms with Gasteiger partial charge in [-0.15, -0.1) is 0 Å². The van der Waals surface area contributed by atoms with Gasteiger partial charge in [0.2, 0.25) is 0 Å². The first-order valence-corrected chi connectivity index (χ1v) is 5.54. The Balaban J connectivity index is 2.37. The molecule has 0 amide bonds. The fraction of sp³-hybridized carbons (Fsp3) is 0.357. The molecule has 1 nitrogen and oxygen atoms in total. The summed E-state index contributed by atoms with van der Waals surface area (Å²) in [6, 6.07) is 8.47. The highest BCUT2D eigenvalue weighted by Gasteiger charge is 1.96. The van der Waals surface area contributed by atoms with Gasteiger partial charge in [-0.3, -0.25) is 0 Å². The van der Waals surface area contributed by atoms with E-state index in [1.54, 1.807) is 0 Å². The fourth-order valence-corrected chi connectivity index (χ4v) is 1.50. The molecule has 80 valence electrons. The minimum absolute atomic E-state index is 0.859. The van der Waals surface area contributed by atoms with Crippen LogP contribution < -0.4 is 0 Å². The highest BCUT2D eigenvalue weighted by Crippen LogP contribution is 2.09. The van der Waals surface area contributed by atoms with Crippen LogP contribution in [0.1, 0.15) is 37.3 Å². The largest absolute Gasteiger partial charge is 0.310 e. The Labute approximate surface area is 92.3 Å². The minimum Gasteiger partial charge on any atom is -0.310 e. The van der Waals surface area contributed by atoms with Crippen molar-refractivity contribution < 1.29 is 0 Å². The Hall–Kier alpha value is -1.37. The monoisotopic (exact) mass is 201 g/mol. The summed E-state index contributed by atoms with van der Waals surface area (Å²) in [5.41, 5.74) is 3.38. The van der Waals surface area contributed by atoms with Gasteiger partial charge in [0, 0.05) is 5.71 Å². The second kappa shape index (κ2) is 6.18. The zero-order chi connectivity index (χ0) is 11.1. The summed E-state index contributed by atoms with van der Waals surface area (Å²) >= 11 is 0. The minimum atomic E-state index is 0.859. The van der Waals surface area contributed by atoms with E-state index >= 15 is 0 Å². The first-order chi connectivity index (χ1) is 7.26. The molecule has 1 aromatic rings. The van der Waals surface area contributed by atoms with Crippen molar-refractivity contribution >= 4 is 11.8 Å². The summed E-state index contributed by atoms with van der Waals surface area (Å²) in [5, 5.41) is 7.55. The number of rotatable bonds is 6. The summed E-state index contributed by atoms with van der Waals surface area (Å²) in [6.07, 6.45) is 5.82. The molecule has 0 aliphatic carbocycles. The normalized spacial score (nSPS) is 9.93. The van der Waals surface area contributed by atoms with Crippen LogP contribution in [0, 0.1) is 5.41 Å². The van der Waals surface area contributed by atoms with Gasteiger partial charge < -0.3 is 5.41 Å². The van der Waals surface area contributed by atoms with Crippen molar-refractivity contribution in [1.82, 2.24) is 0 Å². The molecule has 1 heteroatoms. The fourth-order valence-electron chi connectivity index (χ4n) is 1.50. The lowest BCUT2D eigenvalue weighted by atomic mass is 10.0. The second-order valence-corrected chi connectivity index (χ2v) is 3.76. The smallest absolute Gasteiger partial charge is 0.00865 e. The molecule has 0 radical (unpaired) electrons. The van der Waals surface area contributed by atoms with Crippen LogP contribution in [-0.2, 0) is 6.42 Å². The van der Waals surface area contributed by atoms with E-state index in [4.69, 9.17) is 5.41 Å². The Morgan fingerprint density at radius 1 is 1.33 bits per heavy atom. The molecule has 15 heavy (non-hydrogen) atoms. The second-order valence-electron chi connectivity index (χ2n) is 3.76. The van der Waals surface area contributed by atoms with E-state index in [9.17, 15) is 0 Å². The summed E-state index contributed by atoms with van der Waals surface area (Å²) < 4.78 is 0. The molecule has 0 saturated carbocycles. The molecular formula is C14H19N. The van der Waals surface area contributed by atoms with Crippen LogP contribution in [0.5, 0.6) is 0 Å². The van der Waals surface area contributed by atoms with E-state index < -0.39 is 0 Å². The van der Waals surface area contributed by atoms with Crippen molar-refractivity contribution in [2.24, 2.45) is 0 Å². The van der Waals surface area contributed by atoms with Crippen molar-refractivity contribution in [2.45, 2.75) is 32.6 Å². The molecule has 0 aliphatic rings. The predicted octanol–water partition coefficient (Wildman–Crippen LogP) is 4.08. The first-order valence-electron chi connectivity index (χ1n) is 5.54. The van der Waals surface area contributed by atoms with E-state index in [0.717, 1.165) is 31.4 Å². The summed E-state index contributed by atoms with van der Waals surface area (Å²) in [7, 11) is 0. The molecule has 0 heterocycles. The van der Waals surface area contributed by atoms with Crippen LogP contribution in [0.25, 0.3) is 6.08 Å². The highest BCUT2D eigenvalue weighted by atomic mass is 14.4. The van der Waals surface area contributed by atoms with Crippen molar-refractivity contribution in [3.05, 3.63) is 42.0 Å². The van der Waals surface area contributed by atoms with Gasteiger partial charge >= 0.3 is 0 Å². The lowest BCUT2D eigenvalue weighted by Crippen LogP contribution is -1.95. The average Bonchev–Trinajstić information content (AvgIpc) is 2.29. The van der Waals surface area contributed by atoms with E-state index in [0.29, 0.717) is 0 Å². The molecule has 0 aromatic heterocycles. The molecule has 1 rings (SSSR count). The zero-order valence-electron chi connectivity index (χ0n) is 9.42. The molecule has 1 N–H and O–H groups in total. The molecular weight excluding hydrogens is 182 g/mol. The van der Waals surface area contributed by atoms with Crippen LogP contribution in [0.3, 0.4) is 0 Å². The van der Waals surface area contributed by atoms with Gasteiger partial charge in [-0.2, -0.15) is 0 Å². The van der Waals surface area contributed by atoms with Crippen molar-refractivity contribution in [2.75, 3.05) is 0 Å². The van der Waals surface area contributed by atoms with E-state index in [1.165, 1.54) is 11.1 Å². The molecule has 0 aliphatic heterocycles. The van der Waals surface area contributed by atoms with E-state index in [-0.39, 0.29) is 0 Å². The Kier molecular flexibility index (Phi) is 4.82. The quantitative estimate of drug-likeness (QED) is 0.670. The van der Waals surface area contributed by atoms with Gasteiger partial charge in [-0.05, 0) is 36.8 Å². The predicted molar refractivity (Wildman–Crippen MR) is 67.5 cm³/mol. The summed E-state index contributed by atoms with van der Waals surface area (Å²) in [6.45, 7) is 5.77. The Morgan fingerprint density at radius 3 is 2.53 bits per heavy atom. The van der Waals surface area contributed by atoms with Gasteiger partial charge in [0.15, 0.2) is 0 Å². The maximum absolute atomic E-state index is 7.55. The van der Waals surface area contributed by atoms with Crippen molar-refractivity contribution in [3.63, 3.8) is 0 Å². The molecule has 0 bridgehead atoms. The SMILES string of the molecule is C=Cc1ccc(CCCC(=N)CC)cc1. The third-order valence-corrected chi connectivity index (χ3v) is 2.59. The third kappa shape index (κ3) is 4.11.